The zero-order valence-electron chi connectivity index (χ0n) is 16.9. The Morgan fingerprint density at radius 2 is 1.75 bits per heavy atom. The van der Waals surface area contributed by atoms with E-state index in [1.54, 1.807) is 0 Å². The van der Waals surface area contributed by atoms with Gasteiger partial charge in [-0.3, -0.25) is 9.59 Å². The summed E-state index contributed by atoms with van der Waals surface area (Å²) in [7, 11) is 0. The summed E-state index contributed by atoms with van der Waals surface area (Å²) in [6, 6.07) is 12.3. The number of carbonyl (C=O) groups is 2. The van der Waals surface area contributed by atoms with Gasteiger partial charge < -0.3 is 14.7 Å². The van der Waals surface area contributed by atoms with E-state index < -0.39 is 0 Å². The maximum atomic E-state index is 12.9. The van der Waals surface area contributed by atoms with E-state index in [9.17, 15) is 9.59 Å². The highest BCUT2D eigenvalue weighted by atomic mass is 16.2. The molecule has 0 radical (unpaired) electrons. The molecular formula is C22H28N4O2. The number of nitrogens with zero attached hydrogens (tertiary/aromatic N) is 4. The van der Waals surface area contributed by atoms with Crippen LogP contribution in [0.5, 0.6) is 0 Å². The average Bonchev–Trinajstić information content (AvgIpc) is 3.09. The maximum Gasteiger partial charge on any atom is 0.228 e. The fraction of sp³-hybridized carbons (Fsp3) is 0.500. The van der Waals surface area contributed by atoms with Gasteiger partial charge in [-0.15, -0.1) is 0 Å². The zero-order chi connectivity index (χ0) is 19.9. The van der Waals surface area contributed by atoms with Gasteiger partial charge in [0.1, 0.15) is 5.82 Å². The van der Waals surface area contributed by atoms with Gasteiger partial charge in [-0.1, -0.05) is 18.2 Å². The molecule has 2 aliphatic heterocycles. The lowest BCUT2D eigenvalue weighted by molar-refractivity contribution is -0.136. The number of likely N-dealkylation sites (tertiary alicyclic amines) is 1. The van der Waals surface area contributed by atoms with Crippen molar-refractivity contribution in [1.29, 1.82) is 0 Å². The number of rotatable bonds is 2. The van der Waals surface area contributed by atoms with E-state index in [0.717, 1.165) is 29.8 Å². The molecule has 148 valence electrons. The lowest BCUT2D eigenvalue weighted by atomic mass is 10.1. The molecule has 2 fully saturated rings. The molecule has 3 heterocycles. The molecule has 0 spiro atoms. The van der Waals surface area contributed by atoms with E-state index in [4.69, 9.17) is 4.98 Å². The summed E-state index contributed by atoms with van der Waals surface area (Å²) in [6.07, 6.45) is 0.336. The molecule has 0 bridgehead atoms. The van der Waals surface area contributed by atoms with Crippen LogP contribution in [0.1, 0.15) is 27.2 Å². The lowest BCUT2D eigenvalue weighted by Gasteiger charge is -2.37. The van der Waals surface area contributed by atoms with Gasteiger partial charge in [-0.2, -0.15) is 0 Å². The standard InChI is InChI=1S/C22H28N4O2/c1-22(2,3)26-15-17(14-20(26)27)21(28)25-12-10-24(11-13-25)19-9-8-16-6-4-5-7-18(16)23-19/h4-9,17H,10-15H2,1-3H3. The molecule has 2 amide bonds. The van der Waals surface area contributed by atoms with Crippen LogP contribution in [0.25, 0.3) is 10.9 Å². The molecule has 0 N–H and O–H groups in total. The van der Waals surface area contributed by atoms with Crippen molar-refractivity contribution in [1.82, 2.24) is 14.8 Å². The molecule has 0 aliphatic carbocycles. The second-order valence-corrected chi connectivity index (χ2v) is 8.75. The number of fused-ring (bicyclic) bond motifs is 1. The van der Waals surface area contributed by atoms with Crippen LogP contribution >= 0.6 is 0 Å². The molecule has 28 heavy (non-hydrogen) atoms. The molecule has 6 heteroatoms. The monoisotopic (exact) mass is 380 g/mol. The van der Waals surface area contributed by atoms with Crippen LogP contribution in [-0.2, 0) is 9.59 Å². The SMILES string of the molecule is CC(C)(C)N1CC(C(=O)N2CCN(c3ccc4ccccc4n3)CC2)CC1=O. The Morgan fingerprint density at radius 1 is 1.04 bits per heavy atom. The first kappa shape index (κ1) is 18.7. The van der Waals surface area contributed by atoms with Crippen LogP contribution in [0.4, 0.5) is 5.82 Å². The average molecular weight is 380 g/mol. The minimum Gasteiger partial charge on any atom is -0.353 e. The zero-order valence-corrected chi connectivity index (χ0v) is 16.9. The van der Waals surface area contributed by atoms with Crippen molar-refractivity contribution >= 4 is 28.5 Å². The number of amides is 2. The second-order valence-electron chi connectivity index (χ2n) is 8.75. The Balaban J connectivity index is 1.38. The van der Waals surface area contributed by atoms with Crippen LogP contribution in [0.3, 0.4) is 0 Å². The molecule has 1 aromatic carbocycles. The highest BCUT2D eigenvalue weighted by molar-refractivity contribution is 5.89. The molecule has 2 aromatic rings. The lowest BCUT2D eigenvalue weighted by Crippen LogP contribution is -2.51. The predicted molar refractivity (Wildman–Crippen MR) is 110 cm³/mol. The van der Waals surface area contributed by atoms with Crippen molar-refractivity contribution in [2.45, 2.75) is 32.7 Å². The fourth-order valence-electron chi connectivity index (χ4n) is 4.17. The van der Waals surface area contributed by atoms with Gasteiger partial charge in [-0.05, 0) is 39.0 Å². The van der Waals surface area contributed by atoms with Gasteiger partial charge in [0.25, 0.3) is 0 Å². The predicted octanol–water partition coefficient (Wildman–Crippen LogP) is 2.53. The minimum absolute atomic E-state index is 0.0878. The number of aromatic nitrogens is 1. The number of carbonyl (C=O) groups excluding carboxylic acids is 2. The van der Waals surface area contributed by atoms with Crippen molar-refractivity contribution < 1.29 is 9.59 Å². The minimum atomic E-state index is -0.230. The van der Waals surface area contributed by atoms with Gasteiger partial charge in [-0.25, -0.2) is 4.98 Å². The number of pyridine rings is 1. The molecule has 1 atom stereocenters. The number of piperazine rings is 1. The van der Waals surface area contributed by atoms with Crippen molar-refractivity contribution in [3.05, 3.63) is 36.4 Å². The molecule has 1 unspecified atom stereocenters. The van der Waals surface area contributed by atoms with E-state index in [-0.39, 0.29) is 23.3 Å². The summed E-state index contributed by atoms with van der Waals surface area (Å²) >= 11 is 0. The Morgan fingerprint density at radius 3 is 2.43 bits per heavy atom. The topological polar surface area (TPSA) is 56.8 Å². The molecule has 2 aliphatic rings. The summed E-state index contributed by atoms with van der Waals surface area (Å²) in [5, 5.41) is 1.13. The molecular weight excluding hydrogens is 352 g/mol. The number of benzene rings is 1. The first-order chi connectivity index (χ1) is 13.3. The maximum absolute atomic E-state index is 12.9. The van der Waals surface area contributed by atoms with Crippen molar-refractivity contribution in [3.63, 3.8) is 0 Å². The third kappa shape index (κ3) is 3.55. The summed E-state index contributed by atoms with van der Waals surface area (Å²) in [6.45, 7) is 9.48. The summed E-state index contributed by atoms with van der Waals surface area (Å²) in [5.41, 5.74) is 0.761. The van der Waals surface area contributed by atoms with Gasteiger partial charge in [0.05, 0.1) is 11.4 Å². The van der Waals surface area contributed by atoms with Crippen molar-refractivity contribution in [2.75, 3.05) is 37.6 Å². The Bertz CT molecular complexity index is 897. The van der Waals surface area contributed by atoms with Crippen LogP contribution in [0.2, 0.25) is 0 Å². The Kier molecular flexibility index (Phi) is 4.73. The molecule has 6 nitrogen and oxygen atoms in total. The smallest absolute Gasteiger partial charge is 0.228 e. The number of para-hydroxylation sites is 1. The van der Waals surface area contributed by atoms with E-state index in [1.807, 2.05) is 48.8 Å². The normalized spacial score (nSPS) is 20.9. The number of anilines is 1. The third-order valence-corrected chi connectivity index (χ3v) is 5.78. The second kappa shape index (κ2) is 7.08. The molecule has 1 aromatic heterocycles. The molecule has 4 rings (SSSR count). The largest absolute Gasteiger partial charge is 0.353 e. The van der Waals surface area contributed by atoms with Gasteiger partial charge in [0.2, 0.25) is 11.8 Å². The van der Waals surface area contributed by atoms with E-state index >= 15 is 0 Å². The highest BCUT2D eigenvalue weighted by Gasteiger charge is 2.41. The first-order valence-corrected chi connectivity index (χ1v) is 10.0. The molecule has 2 saturated heterocycles. The van der Waals surface area contributed by atoms with E-state index in [0.29, 0.717) is 26.1 Å². The van der Waals surface area contributed by atoms with Crippen LogP contribution in [-0.4, -0.2) is 64.9 Å². The molecule has 0 saturated carbocycles. The Hall–Kier alpha value is -2.63. The number of hydrogen-bond acceptors (Lipinski definition) is 4. The Labute approximate surface area is 166 Å². The van der Waals surface area contributed by atoms with E-state index in [1.165, 1.54) is 0 Å². The van der Waals surface area contributed by atoms with Crippen LogP contribution in [0, 0.1) is 5.92 Å². The van der Waals surface area contributed by atoms with Gasteiger partial charge in [0, 0.05) is 50.1 Å². The van der Waals surface area contributed by atoms with Crippen molar-refractivity contribution in [2.24, 2.45) is 5.92 Å². The van der Waals surface area contributed by atoms with Gasteiger partial charge in [0.15, 0.2) is 0 Å². The van der Waals surface area contributed by atoms with Gasteiger partial charge >= 0.3 is 0 Å². The van der Waals surface area contributed by atoms with Crippen molar-refractivity contribution in [3.8, 4) is 0 Å². The summed E-state index contributed by atoms with van der Waals surface area (Å²) < 4.78 is 0. The highest BCUT2D eigenvalue weighted by Crippen LogP contribution is 2.27. The summed E-state index contributed by atoms with van der Waals surface area (Å²) in [5.74, 6) is 0.953. The fourth-order valence-corrected chi connectivity index (χ4v) is 4.17. The number of hydrogen-bond donors (Lipinski definition) is 0. The third-order valence-electron chi connectivity index (χ3n) is 5.78. The summed E-state index contributed by atoms with van der Waals surface area (Å²) in [4.78, 5) is 36.0. The van der Waals surface area contributed by atoms with Crippen LogP contribution < -0.4 is 4.90 Å². The first-order valence-electron chi connectivity index (χ1n) is 10.0. The van der Waals surface area contributed by atoms with Crippen LogP contribution in [0.15, 0.2) is 36.4 Å². The quantitative estimate of drug-likeness (QED) is 0.803. The van der Waals surface area contributed by atoms with E-state index in [2.05, 4.69) is 23.1 Å².